The number of amides is 1. The van der Waals surface area contributed by atoms with Gasteiger partial charge in [0.15, 0.2) is 0 Å². The van der Waals surface area contributed by atoms with E-state index in [-0.39, 0.29) is 12.3 Å². The van der Waals surface area contributed by atoms with E-state index >= 15 is 0 Å². The Hall–Kier alpha value is -1.10. The van der Waals surface area contributed by atoms with Crippen molar-refractivity contribution in [2.75, 3.05) is 26.2 Å². The average Bonchev–Trinajstić information content (AvgIpc) is 2.46. The molecule has 0 unspecified atom stereocenters. The van der Waals surface area contributed by atoms with Crippen molar-refractivity contribution >= 4 is 11.9 Å². The van der Waals surface area contributed by atoms with Crippen LogP contribution in [0.3, 0.4) is 0 Å². The minimum Gasteiger partial charge on any atom is -0.481 e. The largest absolute Gasteiger partial charge is 0.481 e. The number of rotatable bonds is 4. The summed E-state index contributed by atoms with van der Waals surface area (Å²) in [6.07, 6.45) is 5.02. The predicted octanol–water partition coefficient (Wildman–Crippen LogP) is 1.09. The molecule has 5 heteroatoms. The molecule has 0 aromatic rings. The molecule has 0 saturated carbocycles. The fraction of sp³-hybridized carbons (Fsp3) is 0.857. The molecule has 108 valence electrons. The van der Waals surface area contributed by atoms with Crippen LogP contribution in [0, 0.1) is 11.8 Å². The average molecular weight is 268 g/mol. The quantitative estimate of drug-likeness (QED) is 0.801. The topological polar surface area (TPSA) is 69.6 Å². The second kappa shape index (κ2) is 6.89. The van der Waals surface area contributed by atoms with Crippen molar-refractivity contribution in [3.8, 4) is 0 Å². The lowest BCUT2D eigenvalue weighted by Gasteiger charge is -2.35. The van der Waals surface area contributed by atoms with E-state index in [9.17, 15) is 9.59 Å². The summed E-state index contributed by atoms with van der Waals surface area (Å²) in [4.78, 5) is 24.8. The lowest BCUT2D eigenvalue weighted by Crippen LogP contribution is -2.46. The van der Waals surface area contributed by atoms with E-state index in [4.69, 9.17) is 5.11 Å². The molecule has 0 bridgehead atoms. The van der Waals surface area contributed by atoms with Gasteiger partial charge in [0.25, 0.3) is 0 Å². The first kappa shape index (κ1) is 14.3. The highest BCUT2D eigenvalue weighted by atomic mass is 16.4. The van der Waals surface area contributed by atoms with Gasteiger partial charge < -0.3 is 15.3 Å². The van der Waals surface area contributed by atoms with Crippen molar-refractivity contribution in [2.24, 2.45) is 11.8 Å². The van der Waals surface area contributed by atoms with E-state index in [0.717, 1.165) is 58.3 Å². The molecule has 5 nitrogen and oxygen atoms in total. The third-order valence-electron chi connectivity index (χ3n) is 4.34. The van der Waals surface area contributed by atoms with Crippen molar-refractivity contribution in [1.82, 2.24) is 10.2 Å². The van der Waals surface area contributed by atoms with Crippen molar-refractivity contribution in [3.05, 3.63) is 0 Å². The van der Waals surface area contributed by atoms with Crippen molar-refractivity contribution < 1.29 is 14.7 Å². The van der Waals surface area contributed by atoms with E-state index in [1.54, 1.807) is 0 Å². The number of carbonyl (C=O) groups is 2. The maximum atomic E-state index is 12.3. The molecule has 19 heavy (non-hydrogen) atoms. The zero-order valence-electron chi connectivity index (χ0n) is 11.4. The summed E-state index contributed by atoms with van der Waals surface area (Å²) < 4.78 is 0. The first-order valence-electron chi connectivity index (χ1n) is 7.38. The molecule has 2 heterocycles. The number of carboxylic acid groups (broad SMARTS) is 1. The van der Waals surface area contributed by atoms with E-state index in [2.05, 4.69) is 5.32 Å². The summed E-state index contributed by atoms with van der Waals surface area (Å²) in [6, 6.07) is 0. The maximum Gasteiger partial charge on any atom is 0.303 e. The number of hydrogen-bond donors (Lipinski definition) is 2. The summed E-state index contributed by atoms with van der Waals surface area (Å²) in [5, 5.41) is 12.0. The molecular weight excluding hydrogens is 244 g/mol. The zero-order valence-corrected chi connectivity index (χ0v) is 11.4. The molecule has 0 aliphatic carbocycles. The van der Waals surface area contributed by atoms with Crippen LogP contribution in [0.25, 0.3) is 0 Å². The Labute approximate surface area is 114 Å². The first-order valence-corrected chi connectivity index (χ1v) is 7.38. The maximum absolute atomic E-state index is 12.3. The number of carbonyl (C=O) groups excluding carboxylic acids is 1. The molecule has 2 fully saturated rings. The van der Waals surface area contributed by atoms with Crippen LogP contribution in [0.1, 0.15) is 38.5 Å². The molecule has 1 amide bonds. The van der Waals surface area contributed by atoms with Gasteiger partial charge in [-0.15, -0.1) is 0 Å². The highest BCUT2D eigenvalue weighted by Gasteiger charge is 2.29. The lowest BCUT2D eigenvalue weighted by atomic mass is 9.90. The smallest absolute Gasteiger partial charge is 0.303 e. The van der Waals surface area contributed by atoms with Gasteiger partial charge in [0.2, 0.25) is 5.91 Å². The minimum atomic E-state index is -0.716. The molecule has 2 aliphatic rings. The van der Waals surface area contributed by atoms with Crippen LogP contribution < -0.4 is 5.32 Å². The third kappa shape index (κ3) is 4.20. The number of likely N-dealkylation sites (tertiary alicyclic amines) is 1. The Morgan fingerprint density at radius 1 is 1.21 bits per heavy atom. The molecule has 2 saturated heterocycles. The van der Waals surface area contributed by atoms with Crippen LogP contribution in [0.5, 0.6) is 0 Å². The summed E-state index contributed by atoms with van der Waals surface area (Å²) >= 11 is 0. The molecule has 2 aliphatic heterocycles. The minimum absolute atomic E-state index is 0.157. The van der Waals surface area contributed by atoms with Crippen LogP contribution in [0.4, 0.5) is 0 Å². The summed E-state index contributed by atoms with van der Waals surface area (Å²) in [6.45, 7) is 3.46. The van der Waals surface area contributed by atoms with Crippen molar-refractivity contribution in [3.63, 3.8) is 0 Å². The molecule has 0 radical (unpaired) electrons. The van der Waals surface area contributed by atoms with E-state index in [1.807, 2.05) is 4.90 Å². The monoisotopic (exact) mass is 268 g/mol. The van der Waals surface area contributed by atoms with E-state index in [1.165, 1.54) is 0 Å². The number of nitrogens with one attached hydrogen (secondary N) is 1. The van der Waals surface area contributed by atoms with Gasteiger partial charge in [-0.2, -0.15) is 0 Å². The number of aliphatic carboxylic acids is 1. The molecule has 0 aromatic carbocycles. The number of piperidine rings is 2. The number of hydrogen-bond acceptors (Lipinski definition) is 3. The van der Waals surface area contributed by atoms with E-state index in [0.29, 0.717) is 11.8 Å². The SMILES string of the molecule is O=C(O)CCC1CCN(C(=O)[C@@H]2CCCNC2)CC1. The molecular formula is C14H24N2O3. The van der Waals surface area contributed by atoms with Gasteiger partial charge in [-0.05, 0) is 44.6 Å². The van der Waals surface area contributed by atoms with Crippen LogP contribution >= 0.6 is 0 Å². The fourth-order valence-corrected chi connectivity index (χ4v) is 3.09. The molecule has 0 aromatic heterocycles. The second-order valence-corrected chi connectivity index (χ2v) is 5.74. The van der Waals surface area contributed by atoms with Crippen LogP contribution in [-0.2, 0) is 9.59 Å². The van der Waals surface area contributed by atoms with Crippen molar-refractivity contribution in [1.29, 1.82) is 0 Å². The Kier molecular flexibility index (Phi) is 5.19. The lowest BCUT2D eigenvalue weighted by molar-refractivity contribution is -0.139. The fourth-order valence-electron chi connectivity index (χ4n) is 3.09. The Morgan fingerprint density at radius 2 is 1.95 bits per heavy atom. The van der Waals surface area contributed by atoms with Gasteiger partial charge in [-0.25, -0.2) is 0 Å². The Balaban J connectivity index is 1.72. The van der Waals surface area contributed by atoms with Gasteiger partial charge in [-0.3, -0.25) is 9.59 Å². The Bertz CT molecular complexity index is 319. The van der Waals surface area contributed by atoms with Crippen molar-refractivity contribution in [2.45, 2.75) is 38.5 Å². The summed E-state index contributed by atoms with van der Waals surface area (Å²) in [5.41, 5.74) is 0. The van der Waals surface area contributed by atoms with Gasteiger partial charge in [-0.1, -0.05) is 0 Å². The van der Waals surface area contributed by atoms with Crippen LogP contribution in [-0.4, -0.2) is 48.1 Å². The van der Waals surface area contributed by atoms with Crippen LogP contribution in [0.2, 0.25) is 0 Å². The molecule has 0 spiro atoms. The standard InChI is InChI=1S/C14H24N2O3/c17-13(18)4-3-11-5-8-16(9-6-11)14(19)12-2-1-7-15-10-12/h11-12,15H,1-10H2,(H,17,18)/t12-/m1/s1. The number of carboxylic acids is 1. The first-order chi connectivity index (χ1) is 9.16. The van der Waals surface area contributed by atoms with Crippen LogP contribution in [0.15, 0.2) is 0 Å². The summed E-state index contributed by atoms with van der Waals surface area (Å²) in [5.74, 6) is 0.213. The normalized spacial score (nSPS) is 25.3. The molecule has 2 N–H and O–H groups in total. The van der Waals surface area contributed by atoms with Gasteiger partial charge >= 0.3 is 5.97 Å². The predicted molar refractivity (Wildman–Crippen MR) is 71.8 cm³/mol. The van der Waals surface area contributed by atoms with Gasteiger partial charge in [0, 0.05) is 26.1 Å². The zero-order chi connectivity index (χ0) is 13.7. The molecule has 1 atom stereocenters. The number of nitrogens with zero attached hydrogens (tertiary/aromatic N) is 1. The molecule has 2 rings (SSSR count). The van der Waals surface area contributed by atoms with Gasteiger partial charge in [0.1, 0.15) is 0 Å². The highest BCUT2D eigenvalue weighted by molar-refractivity contribution is 5.79. The summed E-state index contributed by atoms with van der Waals surface area (Å²) in [7, 11) is 0. The third-order valence-corrected chi connectivity index (χ3v) is 4.34. The second-order valence-electron chi connectivity index (χ2n) is 5.74. The van der Waals surface area contributed by atoms with E-state index < -0.39 is 5.97 Å². The van der Waals surface area contributed by atoms with Gasteiger partial charge in [0.05, 0.1) is 5.92 Å². The highest BCUT2D eigenvalue weighted by Crippen LogP contribution is 2.24. The Morgan fingerprint density at radius 3 is 2.53 bits per heavy atom.